The molecule has 2 aliphatic carbocycles. The van der Waals surface area contributed by atoms with Gasteiger partial charge in [0.15, 0.2) is 0 Å². The lowest BCUT2D eigenvalue weighted by atomic mass is 9.82. The van der Waals surface area contributed by atoms with Crippen LogP contribution in [-0.2, 0) is 14.3 Å². The number of fused-ring (bicyclic) bond motifs is 3. The Hall–Kier alpha value is -3.35. The van der Waals surface area contributed by atoms with Crippen molar-refractivity contribution in [2.24, 2.45) is 5.92 Å². The van der Waals surface area contributed by atoms with Crippen molar-refractivity contribution >= 4 is 18.0 Å². The summed E-state index contributed by atoms with van der Waals surface area (Å²) in [5.74, 6) is -1.30. The minimum absolute atomic E-state index is 0.00645. The molecule has 4 rings (SSSR count). The van der Waals surface area contributed by atoms with Gasteiger partial charge in [-0.25, -0.2) is 9.59 Å². The summed E-state index contributed by atoms with van der Waals surface area (Å²) in [6.07, 6.45) is 3.29. The molecular weight excluding hydrogens is 432 g/mol. The molecule has 0 bridgehead atoms. The predicted octanol–water partition coefficient (Wildman–Crippen LogP) is 4.41. The van der Waals surface area contributed by atoms with Crippen molar-refractivity contribution in [1.82, 2.24) is 10.2 Å². The lowest BCUT2D eigenvalue weighted by molar-refractivity contribution is -0.148. The SMILES string of the molecule is CC(C(=O)O)N(C)C(=O)CC1CCCCC1NC(=O)OCC1c2ccccc2-c2ccccc21. The molecule has 1 fully saturated rings. The maximum absolute atomic E-state index is 12.7. The number of carboxylic acids is 1. The number of nitrogens with zero attached hydrogens (tertiary/aromatic N) is 1. The summed E-state index contributed by atoms with van der Waals surface area (Å²) in [6.45, 7) is 1.74. The van der Waals surface area contributed by atoms with Crippen LogP contribution < -0.4 is 5.32 Å². The predicted molar refractivity (Wildman–Crippen MR) is 128 cm³/mol. The maximum Gasteiger partial charge on any atom is 0.407 e. The lowest BCUT2D eigenvalue weighted by Gasteiger charge is -2.33. The van der Waals surface area contributed by atoms with Gasteiger partial charge in [0.2, 0.25) is 5.91 Å². The van der Waals surface area contributed by atoms with Gasteiger partial charge in [-0.2, -0.15) is 0 Å². The number of carbonyl (C=O) groups excluding carboxylic acids is 2. The molecule has 2 aliphatic rings. The highest BCUT2D eigenvalue weighted by molar-refractivity contribution is 5.83. The van der Waals surface area contributed by atoms with E-state index in [-0.39, 0.29) is 36.8 Å². The maximum atomic E-state index is 12.7. The van der Waals surface area contributed by atoms with Gasteiger partial charge < -0.3 is 20.1 Å². The minimum atomic E-state index is -1.03. The quantitative estimate of drug-likeness (QED) is 0.633. The van der Waals surface area contributed by atoms with Crippen LogP contribution in [0.15, 0.2) is 48.5 Å². The number of carboxylic acid groups (broad SMARTS) is 1. The fourth-order valence-electron chi connectivity index (χ4n) is 5.18. The highest BCUT2D eigenvalue weighted by atomic mass is 16.5. The molecule has 1 saturated carbocycles. The third kappa shape index (κ3) is 4.93. The number of nitrogens with one attached hydrogen (secondary N) is 1. The van der Waals surface area contributed by atoms with Crippen molar-refractivity contribution in [3.05, 3.63) is 59.7 Å². The van der Waals surface area contributed by atoms with Crippen molar-refractivity contribution in [1.29, 1.82) is 0 Å². The number of hydrogen-bond acceptors (Lipinski definition) is 4. The third-order valence-electron chi connectivity index (χ3n) is 7.32. The summed E-state index contributed by atoms with van der Waals surface area (Å²) < 4.78 is 5.69. The topological polar surface area (TPSA) is 95.9 Å². The molecule has 0 aromatic heterocycles. The molecule has 0 spiro atoms. The van der Waals surface area contributed by atoms with E-state index in [0.717, 1.165) is 36.8 Å². The van der Waals surface area contributed by atoms with E-state index in [1.54, 1.807) is 0 Å². The molecule has 3 unspecified atom stereocenters. The van der Waals surface area contributed by atoms with Crippen molar-refractivity contribution in [3.63, 3.8) is 0 Å². The molecule has 2 aromatic rings. The van der Waals surface area contributed by atoms with E-state index in [1.165, 1.54) is 30.0 Å². The third-order valence-corrected chi connectivity index (χ3v) is 7.32. The first kappa shape index (κ1) is 23.8. The molecule has 2 aromatic carbocycles. The average Bonchev–Trinajstić information content (AvgIpc) is 3.16. The molecule has 3 atom stereocenters. The largest absolute Gasteiger partial charge is 0.480 e. The van der Waals surface area contributed by atoms with Crippen molar-refractivity contribution in [2.75, 3.05) is 13.7 Å². The molecule has 0 saturated heterocycles. The number of rotatable bonds is 7. The van der Waals surface area contributed by atoms with E-state index in [1.807, 2.05) is 24.3 Å². The standard InChI is InChI=1S/C27H32N2O5/c1-17(26(31)32)29(2)25(30)15-18-9-3-8-14-24(18)28-27(33)34-16-23-21-12-6-4-10-19(21)20-11-5-7-13-22(20)23/h4-7,10-13,17-18,23-24H,3,8-9,14-16H2,1-2H3,(H,28,33)(H,31,32). The van der Waals surface area contributed by atoms with Crippen LogP contribution in [-0.4, -0.2) is 53.7 Å². The lowest BCUT2D eigenvalue weighted by Crippen LogP contribution is -2.46. The van der Waals surface area contributed by atoms with Gasteiger partial charge in [0.05, 0.1) is 0 Å². The Labute approximate surface area is 200 Å². The molecule has 0 aliphatic heterocycles. The Kier molecular flexibility index (Phi) is 7.20. The molecular formula is C27H32N2O5. The van der Waals surface area contributed by atoms with Crippen LogP contribution in [0.25, 0.3) is 11.1 Å². The van der Waals surface area contributed by atoms with Crippen molar-refractivity contribution < 1.29 is 24.2 Å². The summed E-state index contributed by atoms with van der Waals surface area (Å²) in [5, 5.41) is 12.2. The number of aliphatic carboxylic acids is 1. The molecule has 7 nitrogen and oxygen atoms in total. The highest BCUT2D eigenvalue weighted by Crippen LogP contribution is 2.44. The second-order valence-corrected chi connectivity index (χ2v) is 9.34. The number of hydrogen-bond donors (Lipinski definition) is 2. The Bertz CT molecular complexity index is 1020. The summed E-state index contributed by atoms with van der Waals surface area (Å²) >= 11 is 0. The van der Waals surface area contributed by atoms with Crippen molar-refractivity contribution in [3.8, 4) is 11.1 Å². The van der Waals surface area contributed by atoms with E-state index < -0.39 is 18.1 Å². The molecule has 2 amide bonds. The number of benzene rings is 2. The zero-order valence-electron chi connectivity index (χ0n) is 19.7. The number of ether oxygens (including phenoxy) is 1. The Morgan fingerprint density at radius 3 is 2.24 bits per heavy atom. The van der Waals surface area contributed by atoms with Crippen LogP contribution in [0.2, 0.25) is 0 Å². The monoisotopic (exact) mass is 464 g/mol. The van der Waals surface area contributed by atoms with Gasteiger partial charge in [-0.3, -0.25) is 4.79 Å². The Morgan fingerprint density at radius 1 is 1.03 bits per heavy atom. The number of carbonyl (C=O) groups is 3. The van der Waals surface area contributed by atoms with Crippen LogP contribution in [0.5, 0.6) is 0 Å². The number of likely N-dealkylation sites (N-methyl/N-ethyl adjacent to an activating group) is 1. The normalized spacial score (nSPS) is 20.1. The second kappa shape index (κ2) is 10.3. The Morgan fingerprint density at radius 2 is 1.62 bits per heavy atom. The van der Waals surface area contributed by atoms with Crippen LogP contribution in [0, 0.1) is 5.92 Å². The minimum Gasteiger partial charge on any atom is -0.480 e. The van der Waals surface area contributed by atoms with E-state index in [9.17, 15) is 19.5 Å². The summed E-state index contributed by atoms with van der Waals surface area (Å²) in [4.78, 5) is 37.9. The molecule has 2 N–H and O–H groups in total. The summed E-state index contributed by atoms with van der Waals surface area (Å²) in [5.41, 5.74) is 4.68. The summed E-state index contributed by atoms with van der Waals surface area (Å²) in [6, 6.07) is 15.4. The first-order valence-corrected chi connectivity index (χ1v) is 12.0. The zero-order chi connectivity index (χ0) is 24.2. The van der Waals surface area contributed by atoms with Gasteiger partial charge >= 0.3 is 12.1 Å². The second-order valence-electron chi connectivity index (χ2n) is 9.34. The Balaban J connectivity index is 1.37. The fraction of sp³-hybridized carbons (Fsp3) is 0.444. The van der Waals surface area contributed by atoms with Gasteiger partial charge in [0.25, 0.3) is 0 Å². The average molecular weight is 465 g/mol. The van der Waals surface area contributed by atoms with E-state index in [0.29, 0.717) is 0 Å². The number of amides is 2. The van der Waals surface area contributed by atoms with Gasteiger partial charge in [-0.1, -0.05) is 61.4 Å². The van der Waals surface area contributed by atoms with Crippen LogP contribution >= 0.6 is 0 Å². The van der Waals surface area contributed by atoms with Crippen LogP contribution in [0.1, 0.15) is 56.1 Å². The fourth-order valence-corrected chi connectivity index (χ4v) is 5.18. The molecule has 7 heteroatoms. The van der Waals surface area contributed by atoms with Gasteiger partial charge in [-0.05, 0) is 47.9 Å². The molecule has 0 heterocycles. The zero-order valence-corrected chi connectivity index (χ0v) is 19.7. The summed E-state index contributed by atoms with van der Waals surface area (Å²) in [7, 11) is 1.51. The van der Waals surface area contributed by atoms with Gasteiger partial charge in [0, 0.05) is 25.4 Å². The molecule has 0 radical (unpaired) electrons. The van der Waals surface area contributed by atoms with E-state index >= 15 is 0 Å². The van der Waals surface area contributed by atoms with E-state index in [2.05, 4.69) is 29.6 Å². The van der Waals surface area contributed by atoms with E-state index in [4.69, 9.17) is 4.74 Å². The van der Waals surface area contributed by atoms with Crippen LogP contribution in [0.3, 0.4) is 0 Å². The molecule has 180 valence electrons. The first-order chi connectivity index (χ1) is 16.4. The molecule has 34 heavy (non-hydrogen) atoms. The van der Waals surface area contributed by atoms with Crippen LogP contribution in [0.4, 0.5) is 4.79 Å². The first-order valence-electron chi connectivity index (χ1n) is 12.0. The highest BCUT2D eigenvalue weighted by Gasteiger charge is 2.33. The smallest absolute Gasteiger partial charge is 0.407 e. The van der Waals surface area contributed by atoms with Gasteiger partial charge in [0.1, 0.15) is 12.6 Å². The number of alkyl carbamates (subject to hydrolysis) is 1. The van der Waals surface area contributed by atoms with Gasteiger partial charge in [-0.15, -0.1) is 0 Å². The van der Waals surface area contributed by atoms with Crippen molar-refractivity contribution in [2.45, 2.75) is 57.0 Å².